The first-order valence-corrected chi connectivity index (χ1v) is 17.6. The van der Waals surface area contributed by atoms with Crippen molar-refractivity contribution in [1.82, 2.24) is 0 Å². The molecule has 0 radical (unpaired) electrons. The van der Waals surface area contributed by atoms with E-state index in [0.29, 0.717) is 0 Å². The Morgan fingerprint density at radius 1 is 0.235 bits per heavy atom. The van der Waals surface area contributed by atoms with Crippen molar-refractivity contribution in [3.63, 3.8) is 0 Å². The molecule has 0 aliphatic heterocycles. The van der Waals surface area contributed by atoms with Gasteiger partial charge in [-0.15, -0.1) is 0 Å². The zero-order valence-electron chi connectivity index (χ0n) is 29.0. The molecule has 8 rings (SSSR count). The van der Waals surface area contributed by atoms with Crippen LogP contribution in [0.2, 0.25) is 0 Å². The quantitative estimate of drug-likeness (QED) is 0.158. The number of anilines is 3. The van der Waals surface area contributed by atoms with Crippen molar-refractivity contribution in [2.75, 3.05) is 4.90 Å². The predicted molar refractivity (Wildman–Crippen MR) is 218 cm³/mol. The van der Waals surface area contributed by atoms with Crippen molar-refractivity contribution in [1.29, 1.82) is 0 Å². The van der Waals surface area contributed by atoms with Crippen molar-refractivity contribution in [3.05, 3.63) is 211 Å². The molecular weight excluding hydrogens is 615 g/mol. The molecule has 0 aromatic heterocycles. The van der Waals surface area contributed by atoms with Crippen molar-refractivity contribution in [3.8, 4) is 55.6 Å². The van der Waals surface area contributed by atoms with E-state index in [1.807, 2.05) is 0 Å². The molecule has 0 heterocycles. The number of hydrogen-bond donors (Lipinski definition) is 0. The maximum atomic E-state index is 2.36. The lowest BCUT2D eigenvalue weighted by Gasteiger charge is -2.26. The van der Waals surface area contributed by atoms with Gasteiger partial charge in [-0.3, -0.25) is 0 Å². The van der Waals surface area contributed by atoms with Crippen LogP contribution in [0.3, 0.4) is 0 Å². The van der Waals surface area contributed by atoms with Crippen LogP contribution in [0.15, 0.2) is 200 Å². The summed E-state index contributed by atoms with van der Waals surface area (Å²) < 4.78 is 0. The van der Waals surface area contributed by atoms with Crippen LogP contribution in [0.5, 0.6) is 0 Å². The summed E-state index contributed by atoms with van der Waals surface area (Å²) in [7, 11) is 0. The molecule has 0 bridgehead atoms. The highest BCUT2D eigenvalue weighted by atomic mass is 15.1. The maximum absolute atomic E-state index is 2.36. The van der Waals surface area contributed by atoms with E-state index in [0.717, 1.165) is 17.1 Å². The van der Waals surface area contributed by atoms with Crippen molar-refractivity contribution >= 4 is 17.1 Å². The first kappa shape index (κ1) is 31.8. The first-order chi connectivity index (χ1) is 25.1. The number of benzene rings is 8. The summed E-state index contributed by atoms with van der Waals surface area (Å²) in [4.78, 5) is 2.36. The van der Waals surface area contributed by atoms with Crippen LogP contribution in [0.25, 0.3) is 55.6 Å². The van der Waals surface area contributed by atoms with Gasteiger partial charge in [0.2, 0.25) is 0 Å². The van der Waals surface area contributed by atoms with E-state index in [9.17, 15) is 0 Å². The minimum Gasteiger partial charge on any atom is -0.310 e. The highest BCUT2D eigenvalue weighted by Gasteiger charge is 2.15. The molecule has 1 nitrogen and oxygen atoms in total. The average Bonchev–Trinajstić information content (AvgIpc) is 3.20. The molecule has 0 amide bonds. The monoisotopic (exact) mass is 653 g/mol. The summed E-state index contributed by atoms with van der Waals surface area (Å²) in [5.74, 6) is 0. The van der Waals surface area contributed by atoms with Gasteiger partial charge in [0.25, 0.3) is 0 Å². The molecule has 0 saturated heterocycles. The van der Waals surface area contributed by atoms with Crippen LogP contribution in [0.4, 0.5) is 17.1 Å². The summed E-state index contributed by atoms with van der Waals surface area (Å²) in [6, 6.07) is 72.5. The molecular formula is C50H39N. The van der Waals surface area contributed by atoms with Crippen LogP contribution in [0.1, 0.15) is 11.1 Å². The minimum atomic E-state index is 1.10. The normalized spacial score (nSPS) is 10.9. The minimum absolute atomic E-state index is 1.10. The largest absolute Gasteiger partial charge is 0.310 e. The molecule has 0 atom stereocenters. The van der Waals surface area contributed by atoms with Crippen LogP contribution in [-0.4, -0.2) is 0 Å². The Morgan fingerprint density at radius 2 is 0.569 bits per heavy atom. The van der Waals surface area contributed by atoms with Crippen molar-refractivity contribution < 1.29 is 0 Å². The molecule has 8 aromatic carbocycles. The van der Waals surface area contributed by atoms with Crippen LogP contribution < -0.4 is 4.90 Å². The van der Waals surface area contributed by atoms with Gasteiger partial charge in [0.1, 0.15) is 0 Å². The topological polar surface area (TPSA) is 3.24 Å². The first-order valence-electron chi connectivity index (χ1n) is 17.6. The van der Waals surface area contributed by atoms with E-state index in [2.05, 4.69) is 219 Å². The Balaban J connectivity index is 1.24. The second-order valence-corrected chi connectivity index (χ2v) is 13.2. The molecule has 0 N–H and O–H groups in total. The molecule has 0 spiro atoms. The Labute approximate surface area is 301 Å². The van der Waals surface area contributed by atoms with E-state index in [-0.39, 0.29) is 0 Å². The molecule has 0 fully saturated rings. The number of nitrogens with zero attached hydrogens (tertiary/aromatic N) is 1. The third-order valence-corrected chi connectivity index (χ3v) is 9.61. The zero-order chi connectivity index (χ0) is 34.6. The molecule has 1 heteroatoms. The third kappa shape index (κ3) is 7.02. The number of aryl methyl sites for hydroxylation is 2. The van der Waals surface area contributed by atoms with Gasteiger partial charge in [-0.25, -0.2) is 0 Å². The summed E-state index contributed by atoms with van der Waals surface area (Å²) in [6.07, 6.45) is 0. The molecule has 0 unspecified atom stereocenters. The Kier molecular flexibility index (Phi) is 8.85. The van der Waals surface area contributed by atoms with Crippen LogP contribution in [-0.2, 0) is 0 Å². The van der Waals surface area contributed by atoms with Gasteiger partial charge >= 0.3 is 0 Å². The molecule has 51 heavy (non-hydrogen) atoms. The number of rotatable bonds is 8. The second-order valence-electron chi connectivity index (χ2n) is 13.2. The van der Waals surface area contributed by atoms with Crippen LogP contribution >= 0.6 is 0 Å². The Bertz CT molecular complexity index is 2230. The lowest BCUT2D eigenvalue weighted by molar-refractivity contribution is 1.28. The van der Waals surface area contributed by atoms with Gasteiger partial charge in [0, 0.05) is 17.1 Å². The molecule has 8 aromatic rings. The maximum Gasteiger partial charge on any atom is 0.0467 e. The lowest BCUT2D eigenvalue weighted by Crippen LogP contribution is -2.10. The second kappa shape index (κ2) is 14.2. The Hall–Kier alpha value is -6.44. The fourth-order valence-corrected chi connectivity index (χ4v) is 6.76. The lowest BCUT2D eigenvalue weighted by atomic mass is 9.92. The predicted octanol–water partition coefficient (Wildman–Crippen LogP) is 14.1. The van der Waals surface area contributed by atoms with Gasteiger partial charge in [-0.1, -0.05) is 157 Å². The molecule has 0 aliphatic rings. The highest BCUT2D eigenvalue weighted by Crippen LogP contribution is 2.40. The fourth-order valence-electron chi connectivity index (χ4n) is 6.76. The molecule has 0 aliphatic carbocycles. The SMILES string of the molecule is Cc1ccc(-c2cc(-c3ccc(C)cc3)cc(-c3cccc(N(c4ccc(-c5ccccc5)cc4)c4ccc(-c5ccccc5)cc4)c3)c2)cc1. The van der Waals surface area contributed by atoms with E-state index in [1.54, 1.807) is 0 Å². The van der Waals surface area contributed by atoms with Gasteiger partial charge < -0.3 is 4.90 Å². The van der Waals surface area contributed by atoms with E-state index >= 15 is 0 Å². The zero-order valence-corrected chi connectivity index (χ0v) is 29.0. The number of hydrogen-bond acceptors (Lipinski definition) is 1. The van der Waals surface area contributed by atoms with E-state index in [4.69, 9.17) is 0 Å². The van der Waals surface area contributed by atoms with Crippen LogP contribution in [0, 0.1) is 13.8 Å². The average molecular weight is 654 g/mol. The molecule has 0 saturated carbocycles. The van der Waals surface area contributed by atoms with Gasteiger partial charge in [0.05, 0.1) is 0 Å². The summed E-state index contributed by atoms with van der Waals surface area (Å²) >= 11 is 0. The van der Waals surface area contributed by atoms with Crippen molar-refractivity contribution in [2.24, 2.45) is 0 Å². The summed E-state index contributed by atoms with van der Waals surface area (Å²) in [5.41, 5.74) is 17.8. The Morgan fingerprint density at radius 3 is 1.00 bits per heavy atom. The van der Waals surface area contributed by atoms with Gasteiger partial charge in [0.15, 0.2) is 0 Å². The molecule has 244 valence electrons. The highest BCUT2D eigenvalue weighted by molar-refractivity contribution is 5.85. The third-order valence-electron chi connectivity index (χ3n) is 9.61. The van der Waals surface area contributed by atoms with Gasteiger partial charge in [-0.2, -0.15) is 0 Å². The standard InChI is InChI=1S/C50H39N/c1-36-16-20-42(21-17-36)45-32-46(43-22-18-37(2)19-23-43)34-47(33-45)44-14-9-15-50(35-44)51(48-28-24-40(25-29-48)38-10-5-3-6-11-38)49-30-26-41(27-31-49)39-12-7-4-8-13-39/h3-35H,1-2H3. The summed E-state index contributed by atoms with van der Waals surface area (Å²) in [5, 5.41) is 0. The van der Waals surface area contributed by atoms with Crippen molar-refractivity contribution in [2.45, 2.75) is 13.8 Å². The fraction of sp³-hybridized carbons (Fsp3) is 0.0400. The van der Waals surface area contributed by atoms with E-state index in [1.165, 1.54) is 66.8 Å². The summed E-state index contributed by atoms with van der Waals surface area (Å²) in [6.45, 7) is 4.28. The van der Waals surface area contributed by atoms with E-state index < -0.39 is 0 Å². The van der Waals surface area contributed by atoms with Gasteiger partial charge in [-0.05, 0) is 124 Å². The smallest absolute Gasteiger partial charge is 0.0467 e.